The first-order valence-electron chi connectivity index (χ1n) is 7.75. The third-order valence-corrected chi connectivity index (χ3v) is 3.31. The Bertz CT molecular complexity index is 575. The van der Waals surface area contributed by atoms with E-state index in [-0.39, 0.29) is 5.82 Å². The maximum atomic E-state index is 12.8. The summed E-state index contributed by atoms with van der Waals surface area (Å²) in [7, 11) is 1.63. The molecule has 0 aliphatic carbocycles. The summed E-state index contributed by atoms with van der Waals surface area (Å²) >= 11 is 0. The molecule has 0 bridgehead atoms. The topological polar surface area (TPSA) is 42.5 Å². The minimum atomic E-state index is -0.215. The zero-order valence-electron chi connectivity index (χ0n) is 13.3. The van der Waals surface area contributed by atoms with E-state index in [1.165, 1.54) is 12.1 Å². The second-order valence-electron chi connectivity index (χ2n) is 5.04. The predicted octanol–water partition coefficient (Wildman–Crippen LogP) is 3.30. The molecular formula is C18H23FN2O2. The molecule has 0 amide bonds. The first-order chi connectivity index (χ1) is 11.3. The maximum absolute atomic E-state index is 12.8. The highest BCUT2D eigenvalue weighted by Crippen LogP contribution is 2.25. The van der Waals surface area contributed by atoms with Crippen molar-refractivity contribution < 1.29 is 13.9 Å². The predicted molar refractivity (Wildman–Crippen MR) is 90.9 cm³/mol. The number of halogens is 1. The molecule has 2 rings (SSSR count). The van der Waals surface area contributed by atoms with Crippen LogP contribution in [0.2, 0.25) is 0 Å². The highest BCUT2D eigenvalue weighted by molar-refractivity contribution is 5.42. The quantitative estimate of drug-likeness (QED) is 0.660. The second kappa shape index (κ2) is 9.69. The molecule has 0 saturated heterocycles. The highest BCUT2D eigenvalue weighted by atomic mass is 19.1. The Morgan fingerprint density at radius 1 is 0.913 bits per heavy atom. The van der Waals surface area contributed by atoms with Gasteiger partial charge in [-0.25, -0.2) is 4.39 Å². The van der Waals surface area contributed by atoms with Crippen LogP contribution in [0.5, 0.6) is 11.5 Å². The molecule has 0 heterocycles. The summed E-state index contributed by atoms with van der Waals surface area (Å²) in [4.78, 5) is 0. The summed E-state index contributed by atoms with van der Waals surface area (Å²) in [6, 6.07) is 14.0. The number of methoxy groups -OCH3 is 1. The molecule has 5 heteroatoms. The molecule has 124 valence electrons. The lowest BCUT2D eigenvalue weighted by molar-refractivity contribution is 0.292. The van der Waals surface area contributed by atoms with Crippen molar-refractivity contribution in [3.05, 3.63) is 54.3 Å². The lowest BCUT2D eigenvalue weighted by atomic mass is 10.3. The Kier molecular flexibility index (Phi) is 7.20. The molecule has 4 nitrogen and oxygen atoms in total. The molecule has 23 heavy (non-hydrogen) atoms. The molecule has 0 aromatic heterocycles. The van der Waals surface area contributed by atoms with Gasteiger partial charge in [0.2, 0.25) is 0 Å². The van der Waals surface area contributed by atoms with E-state index >= 15 is 0 Å². The van der Waals surface area contributed by atoms with Crippen molar-refractivity contribution in [1.29, 1.82) is 0 Å². The number of benzene rings is 2. The van der Waals surface area contributed by atoms with Gasteiger partial charge < -0.3 is 20.1 Å². The van der Waals surface area contributed by atoms with Crippen LogP contribution in [-0.2, 0) is 0 Å². The van der Waals surface area contributed by atoms with E-state index in [2.05, 4.69) is 10.6 Å². The molecule has 0 unspecified atom stereocenters. The van der Waals surface area contributed by atoms with Gasteiger partial charge in [-0.2, -0.15) is 0 Å². The van der Waals surface area contributed by atoms with Crippen molar-refractivity contribution in [3.8, 4) is 11.5 Å². The number of ether oxygens (including phenoxy) is 2. The lowest BCUT2D eigenvalue weighted by Gasteiger charge is -2.11. The summed E-state index contributed by atoms with van der Waals surface area (Å²) in [6.07, 6.45) is 0.978. The van der Waals surface area contributed by atoms with E-state index < -0.39 is 0 Å². The molecule has 0 spiro atoms. The first-order valence-corrected chi connectivity index (χ1v) is 7.75. The van der Waals surface area contributed by atoms with Crippen molar-refractivity contribution in [3.63, 3.8) is 0 Å². The molecule has 0 saturated carbocycles. The van der Waals surface area contributed by atoms with Crippen LogP contribution in [0.3, 0.4) is 0 Å². The van der Waals surface area contributed by atoms with E-state index in [1.807, 2.05) is 24.3 Å². The van der Waals surface area contributed by atoms with Gasteiger partial charge in [0.1, 0.15) is 12.4 Å². The Labute approximate surface area is 136 Å². The van der Waals surface area contributed by atoms with Crippen LogP contribution in [0.1, 0.15) is 6.42 Å². The highest BCUT2D eigenvalue weighted by Gasteiger charge is 2.01. The number of nitrogens with one attached hydrogen (secondary N) is 2. The van der Waals surface area contributed by atoms with Gasteiger partial charge in [0.15, 0.2) is 11.5 Å². The fourth-order valence-electron chi connectivity index (χ4n) is 2.11. The van der Waals surface area contributed by atoms with E-state index in [9.17, 15) is 4.39 Å². The van der Waals surface area contributed by atoms with Crippen LogP contribution in [0.4, 0.5) is 10.1 Å². The van der Waals surface area contributed by atoms with Gasteiger partial charge in [0.05, 0.1) is 7.11 Å². The van der Waals surface area contributed by atoms with Crippen LogP contribution in [-0.4, -0.2) is 33.4 Å². The Morgan fingerprint density at radius 2 is 1.65 bits per heavy atom. The minimum Gasteiger partial charge on any atom is -0.493 e. The third-order valence-electron chi connectivity index (χ3n) is 3.31. The van der Waals surface area contributed by atoms with Crippen molar-refractivity contribution in [1.82, 2.24) is 5.32 Å². The number of rotatable bonds is 10. The SMILES string of the molecule is COc1ccccc1OCCNCCCNc1ccc(F)cc1. The fourth-order valence-corrected chi connectivity index (χ4v) is 2.11. The molecule has 0 radical (unpaired) electrons. The van der Waals surface area contributed by atoms with Crippen molar-refractivity contribution in [2.45, 2.75) is 6.42 Å². The van der Waals surface area contributed by atoms with Gasteiger partial charge in [-0.3, -0.25) is 0 Å². The average molecular weight is 318 g/mol. The normalized spacial score (nSPS) is 10.3. The molecule has 0 aliphatic heterocycles. The van der Waals surface area contributed by atoms with E-state index in [0.29, 0.717) is 6.61 Å². The second-order valence-corrected chi connectivity index (χ2v) is 5.04. The summed E-state index contributed by atoms with van der Waals surface area (Å²) in [5.74, 6) is 1.29. The van der Waals surface area contributed by atoms with Gasteiger partial charge in [-0.1, -0.05) is 12.1 Å². The van der Waals surface area contributed by atoms with Gasteiger partial charge in [0.25, 0.3) is 0 Å². The molecule has 0 aliphatic rings. The molecule has 0 fully saturated rings. The van der Waals surface area contributed by atoms with E-state index in [0.717, 1.165) is 43.2 Å². The molecular weight excluding hydrogens is 295 g/mol. The average Bonchev–Trinajstić information content (AvgIpc) is 2.59. The summed E-state index contributed by atoms with van der Waals surface area (Å²) in [5, 5.41) is 6.57. The number of anilines is 1. The summed E-state index contributed by atoms with van der Waals surface area (Å²) < 4.78 is 23.7. The van der Waals surface area contributed by atoms with Crippen molar-refractivity contribution >= 4 is 5.69 Å². The maximum Gasteiger partial charge on any atom is 0.161 e. The zero-order valence-corrected chi connectivity index (χ0v) is 13.3. The Morgan fingerprint density at radius 3 is 2.39 bits per heavy atom. The third kappa shape index (κ3) is 6.16. The van der Waals surface area contributed by atoms with Crippen LogP contribution < -0.4 is 20.1 Å². The van der Waals surface area contributed by atoms with Crippen LogP contribution in [0.15, 0.2) is 48.5 Å². The molecule has 2 aromatic carbocycles. The van der Waals surface area contributed by atoms with Gasteiger partial charge in [-0.15, -0.1) is 0 Å². The molecule has 2 N–H and O–H groups in total. The fraction of sp³-hybridized carbons (Fsp3) is 0.333. The number of para-hydroxylation sites is 2. The lowest BCUT2D eigenvalue weighted by Crippen LogP contribution is -2.23. The van der Waals surface area contributed by atoms with E-state index in [4.69, 9.17) is 9.47 Å². The van der Waals surface area contributed by atoms with E-state index in [1.54, 1.807) is 19.2 Å². The summed E-state index contributed by atoms with van der Waals surface area (Å²) in [5.41, 5.74) is 0.936. The van der Waals surface area contributed by atoms with Gasteiger partial charge >= 0.3 is 0 Å². The van der Waals surface area contributed by atoms with Crippen LogP contribution >= 0.6 is 0 Å². The van der Waals surface area contributed by atoms with Crippen LogP contribution in [0, 0.1) is 5.82 Å². The van der Waals surface area contributed by atoms with Crippen molar-refractivity contribution in [2.24, 2.45) is 0 Å². The molecule has 0 atom stereocenters. The summed E-state index contributed by atoms with van der Waals surface area (Å²) in [6.45, 7) is 3.09. The minimum absolute atomic E-state index is 0.215. The van der Waals surface area contributed by atoms with Gasteiger partial charge in [-0.05, 0) is 49.4 Å². The molecule has 2 aromatic rings. The van der Waals surface area contributed by atoms with Crippen LogP contribution in [0.25, 0.3) is 0 Å². The largest absolute Gasteiger partial charge is 0.493 e. The monoisotopic (exact) mass is 318 g/mol. The first kappa shape index (κ1) is 17.1. The standard InChI is InChI=1S/C18H23FN2O2/c1-22-17-5-2-3-6-18(17)23-14-13-20-11-4-12-21-16-9-7-15(19)8-10-16/h2-3,5-10,20-21H,4,11-14H2,1H3. The smallest absolute Gasteiger partial charge is 0.161 e. The Balaban J connectivity index is 1.52. The van der Waals surface area contributed by atoms with Gasteiger partial charge in [0, 0.05) is 18.8 Å². The van der Waals surface area contributed by atoms with Crippen molar-refractivity contribution in [2.75, 3.05) is 38.7 Å². The number of hydrogen-bond acceptors (Lipinski definition) is 4. The zero-order chi connectivity index (χ0) is 16.3. The Hall–Kier alpha value is -2.27. The number of hydrogen-bond donors (Lipinski definition) is 2.